The van der Waals surface area contributed by atoms with Crippen molar-refractivity contribution >= 4 is 0 Å². The fraction of sp³-hybridized carbons (Fsp3) is 0.600. The molecule has 0 bridgehead atoms. The smallest absolute Gasteiger partial charge is 0.161 e. The minimum atomic E-state index is -0.354. The first-order chi connectivity index (χ1) is 9.33. The highest BCUT2D eigenvalue weighted by Gasteiger charge is 2.20. The molecule has 19 heavy (non-hydrogen) atoms. The summed E-state index contributed by atoms with van der Waals surface area (Å²) < 4.78 is 23.2. The lowest BCUT2D eigenvalue weighted by Gasteiger charge is -2.13. The van der Waals surface area contributed by atoms with Gasteiger partial charge >= 0.3 is 0 Å². The summed E-state index contributed by atoms with van der Waals surface area (Å²) in [5.41, 5.74) is 1.19. The van der Waals surface area contributed by atoms with Gasteiger partial charge in [0.1, 0.15) is 0 Å². The Bertz CT molecular complexity index is 394. The normalized spacial score (nSPS) is 14.4. The number of ether oxygens (including phenoxy) is 2. The van der Waals surface area contributed by atoms with E-state index in [-0.39, 0.29) is 6.67 Å². The molecule has 0 saturated heterocycles. The van der Waals surface area contributed by atoms with E-state index in [1.165, 1.54) is 18.4 Å². The fourth-order valence-electron chi connectivity index (χ4n) is 1.84. The average Bonchev–Trinajstić information content (AvgIpc) is 3.23. The molecule has 4 heteroatoms. The van der Waals surface area contributed by atoms with Crippen LogP contribution in [0, 0.1) is 0 Å². The van der Waals surface area contributed by atoms with E-state index in [9.17, 15) is 4.39 Å². The Hall–Kier alpha value is -1.29. The van der Waals surface area contributed by atoms with Crippen LogP contribution in [0.3, 0.4) is 0 Å². The molecule has 0 amide bonds. The maximum Gasteiger partial charge on any atom is 0.161 e. The van der Waals surface area contributed by atoms with Crippen molar-refractivity contribution in [2.75, 3.05) is 19.9 Å². The number of nitrogens with one attached hydrogen (secondary N) is 1. The maximum absolute atomic E-state index is 12.1. The fourth-order valence-corrected chi connectivity index (χ4v) is 1.84. The molecule has 1 fully saturated rings. The predicted molar refractivity (Wildman–Crippen MR) is 73.6 cm³/mol. The number of rotatable bonds is 9. The summed E-state index contributed by atoms with van der Waals surface area (Å²) in [6.07, 6.45) is 2.97. The highest BCUT2D eigenvalue weighted by Crippen LogP contribution is 2.29. The third-order valence-corrected chi connectivity index (χ3v) is 3.02. The van der Waals surface area contributed by atoms with Crippen LogP contribution in [0.15, 0.2) is 18.2 Å². The molecule has 0 aromatic heterocycles. The molecule has 1 N–H and O–H groups in total. The van der Waals surface area contributed by atoms with Gasteiger partial charge in [0.05, 0.1) is 19.9 Å². The van der Waals surface area contributed by atoms with Gasteiger partial charge in [0.15, 0.2) is 11.5 Å². The number of benzene rings is 1. The molecule has 0 spiro atoms. The second-order valence-corrected chi connectivity index (χ2v) is 4.76. The molecule has 106 valence electrons. The zero-order valence-electron chi connectivity index (χ0n) is 11.5. The molecule has 0 atom stereocenters. The van der Waals surface area contributed by atoms with Crippen LogP contribution < -0.4 is 14.8 Å². The third kappa shape index (κ3) is 4.71. The predicted octanol–water partition coefficient (Wildman–Crippen LogP) is 3.08. The minimum Gasteiger partial charge on any atom is -0.490 e. The number of hydrogen-bond donors (Lipinski definition) is 1. The zero-order chi connectivity index (χ0) is 13.5. The van der Waals surface area contributed by atoms with E-state index >= 15 is 0 Å². The van der Waals surface area contributed by atoms with Crippen LogP contribution in [0.2, 0.25) is 0 Å². The first-order valence-corrected chi connectivity index (χ1v) is 7.01. The Labute approximate surface area is 114 Å². The molecular formula is C15H22FNO2. The standard InChI is InChI=1S/C15H22FNO2/c1-2-18-15-10-12(11-17-13-5-6-13)4-7-14(15)19-9-3-8-16/h4,7,10,13,17H,2-3,5-6,8-9,11H2,1H3. The molecule has 0 radical (unpaired) electrons. The lowest BCUT2D eigenvalue weighted by molar-refractivity contribution is 0.262. The molecule has 1 aliphatic carbocycles. The first-order valence-electron chi connectivity index (χ1n) is 7.01. The van der Waals surface area contributed by atoms with E-state index in [4.69, 9.17) is 9.47 Å². The number of halogens is 1. The van der Waals surface area contributed by atoms with Crippen LogP contribution in [0.1, 0.15) is 31.7 Å². The van der Waals surface area contributed by atoms with Crippen molar-refractivity contribution in [1.82, 2.24) is 5.32 Å². The molecule has 3 nitrogen and oxygen atoms in total. The molecular weight excluding hydrogens is 245 g/mol. The van der Waals surface area contributed by atoms with Gasteiger partial charge < -0.3 is 14.8 Å². The van der Waals surface area contributed by atoms with Crippen LogP contribution in [0.25, 0.3) is 0 Å². The molecule has 1 aliphatic rings. The number of hydrogen-bond acceptors (Lipinski definition) is 3. The summed E-state index contributed by atoms with van der Waals surface area (Å²) >= 11 is 0. The Morgan fingerprint density at radius 2 is 2.11 bits per heavy atom. The molecule has 0 heterocycles. The second kappa shape index (κ2) is 7.34. The van der Waals surface area contributed by atoms with Crippen molar-refractivity contribution < 1.29 is 13.9 Å². The van der Waals surface area contributed by atoms with E-state index < -0.39 is 0 Å². The van der Waals surface area contributed by atoms with Gasteiger partial charge in [-0.15, -0.1) is 0 Å². The van der Waals surface area contributed by atoms with Crippen molar-refractivity contribution in [1.29, 1.82) is 0 Å². The van der Waals surface area contributed by atoms with Crippen LogP contribution in [-0.2, 0) is 6.54 Å². The van der Waals surface area contributed by atoms with Crippen molar-refractivity contribution in [2.24, 2.45) is 0 Å². The Kier molecular flexibility index (Phi) is 5.45. The van der Waals surface area contributed by atoms with Crippen LogP contribution in [0.5, 0.6) is 11.5 Å². The van der Waals surface area contributed by atoms with Gasteiger partial charge in [-0.25, -0.2) is 0 Å². The Balaban J connectivity index is 1.95. The molecule has 0 unspecified atom stereocenters. The SMILES string of the molecule is CCOc1cc(CNC2CC2)ccc1OCCCF. The van der Waals surface area contributed by atoms with E-state index in [1.807, 2.05) is 25.1 Å². The van der Waals surface area contributed by atoms with Gasteiger partial charge in [0.2, 0.25) is 0 Å². The lowest BCUT2D eigenvalue weighted by Crippen LogP contribution is -2.15. The molecule has 1 aromatic rings. The van der Waals surface area contributed by atoms with Gasteiger partial charge in [-0.05, 0) is 37.5 Å². The molecule has 1 saturated carbocycles. The summed E-state index contributed by atoms with van der Waals surface area (Å²) in [6.45, 7) is 3.43. The quantitative estimate of drug-likeness (QED) is 0.697. The molecule has 1 aromatic carbocycles. The highest BCUT2D eigenvalue weighted by atomic mass is 19.1. The van der Waals surface area contributed by atoms with Crippen molar-refractivity contribution in [2.45, 2.75) is 38.8 Å². The summed E-state index contributed by atoms with van der Waals surface area (Å²) in [4.78, 5) is 0. The van der Waals surface area contributed by atoms with Gasteiger partial charge in [-0.1, -0.05) is 6.07 Å². The van der Waals surface area contributed by atoms with Crippen LogP contribution in [-0.4, -0.2) is 25.9 Å². The van der Waals surface area contributed by atoms with Gasteiger partial charge in [-0.2, -0.15) is 0 Å². The van der Waals surface area contributed by atoms with Gasteiger partial charge in [0.25, 0.3) is 0 Å². The largest absolute Gasteiger partial charge is 0.490 e. The summed E-state index contributed by atoms with van der Waals surface area (Å²) in [6, 6.07) is 6.63. The van der Waals surface area contributed by atoms with E-state index in [0.29, 0.717) is 31.4 Å². The van der Waals surface area contributed by atoms with E-state index in [0.717, 1.165) is 12.3 Å². The summed E-state index contributed by atoms with van der Waals surface area (Å²) in [7, 11) is 0. The lowest BCUT2D eigenvalue weighted by atomic mass is 10.2. The van der Waals surface area contributed by atoms with Crippen molar-refractivity contribution in [3.63, 3.8) is 0 Å². The molecule has 0 aliphatic heterocycles. The first kappa shape index (κ1) is 14.1. The maximum atomic E-state index is 12.1. The average molecular weight is 267 g/mol. The van der Waals surface area contributed by atoms with Gasteiger partial charge in [0, 0.05) is 19.0 Å². The topological polar surface area (TPSA) is 30.5 Å². The van der Waals surface area contributed by atoms with E-state index in [2.05, 4.69) is 5.32 Å². The van der Waals surface area contributed by atoms with E-state index in [1.54, 1.807) is 0 Å². The molecule has 2 rings (SSSR count). The third-order valence-electron chi connectivity index (χ3n) is 3.02. The zero-order valence-corrected chi connectivity index (χ0v) is 11.5. The van der Waals surface area contributed by atoms with Crippen LogP contribution >= 0.6 is 0 Å². The highest BCUT2D eigenvalue weighted by molar-refractivity contribution is 5.43. The Morgan fingerprint density at radius 3 is 2.79 bits per heavy atom. The van der Waals surface area contributed by atoms with Crippen molar-refractivity contribution in [3.8, 4) is 11.5 Å². The van der Waals surface area contributed by atoms with Crippen molar-refractivity contribution in [3.05, 3.63) is 23.8 Å². The van der Waals surface area contributed by atoms with Gasteiger partial charge in [-0.3, -0.25) is 4.39 Å². The number of alkyl halides is 1. The summed E-state index contributed by atoms with van der Waals surface area (Å²) in [5.74, 6) is 1.45. The van der Waals surface area contributed by atoms with Crippen LogP contribution in [0.4, 0.5) is 4.39 Å². The second-order valence-electron chi connectivity index (χ2n) is 4.76. The monoisotopic (exact) mass is 267 g/mol. The summed E-state index contributed by atoms with van der Waals surface area (Å²) in [5, 5.41) is 3.47. The Morgan fingerprint density at radius 1 is 1.26 bits per heavy atom. The minimum absolute atomic E-state index is 0.354.